The third kappa shape index (κ3) is 2.68. The van der Waals surface area contributed by atoms with Crippen molar-refractivity contribution >= 4 is 17.6 Å². The van der Waals surface area contributed by atoms with Crippen LogP contribution in [0.15, 0.2) is 22.7 Å². The van der Waals surface area contributed by atoms with E-state index in [2.05, 4.69) is 20.0 Å². The highest BCUT2D eigenvalue weighted by Crippen LogP contribution is 2.24. The van der Waals surface area contributed by atoms with Crippen molar-refractivity contribution in [3.8, 4) is 5.75 Å². The molecule has 0 aliphatic heterocycles. The maximum Gasteiger partial charge on any atom is 0.335 e. The molecule has 2 aromatic rings. The number of amides is 1. The summed E-state index contributed by atoms with van der Waals surface area (Å²) in [4.78, 5) is 26.1. The molecule has 0 radical (unpaired) electrons. The van der Waals surface area contributed by atoms with Crippen LogP contribution in [0.25, 0.3) is 0 Å². The lowest BCUT2D eigenvalue weighted by Crippen LogP contribution is -2.14. The molecule has 2 rings (SSSR count). The van der Waals surface area contributed by atoms with Crippen LogP contribution in [0.5, 0.6) is 5.75 Å². The first-order valence-electron chi connectivity index (χ1n) is 5.15. The van der Waals surface area contributed by atoms with Crippen LogP contribution >= 0.6 is 0 Å². The maximum atomic E-state index is 11.7. The van der Waals surface area contributed by atoms with Crippen LogP contribution in [0.4, 0.5) is 5.69 Å². The number of hydrogen-bond acceptors (Lipinski definition) is 6. The summed E-state index contributed by atoms with van der Waals surface area (Å²) >= 11 is 0. The summed E-state index contributed by atoms with van der Waals surface area (Å²) in [5, 5.41) is 24.1. The standard InChI is InChI=1S/C11H9N3O5/c1-5-12-9(14-19-5)10(16)13-7-3-2-6(11(17)18)4-8(7)15/h2-4,15H,1H3,(H,13,16)(H,17,18). The number of carboxylic acids is 1. The first-order chi connectivity index (χ1) is 8.97. The van der Waals surface area contributed by atoms with Gasteiger partial charge in [0.2, 0.25) is 5.89 Å². The molecular weight excluding hydrogens is 254 g/mol. The van der Waals surface area contributed by atoms with E-state index in [1.807, 2.05) is 0 Å². The number of nitrogens with zero attached hydrogens (tertiary/aromatic N) is 2. The van der Waals surface area contributed by atoms with Gasteiger partial charge in [0.15, 0.2) is 0 Å². The van der Waals surface area contributed by atoms with Gasteiger partial charge in [-0.1, -0.05) is 5.16 Å². The van der Waals surface area contributed by atoms with E-state index in [1.165, 1.54) is 19.1 Å². The quantitative estimate of drug-likeness (QED) is 0.706. The third-order valence-corrected chi connectivity index (χ3v) is 2.22. The Morgan fingerprint density at radius 3 is 2.63 bits per heavy atom. The van der Waals surface area contributed by atoms with Gasteiger partial charge in [-0.05, 0) is 18.2 Å². The number of aromatic carboxylic acids is 1. The number of carbonyl (C=O) groups excluding carboxylic acids is 1. The average Bonchev–Trinajstić information content (AvgIpc) is 2.78. The van der Waals surface area contributed by atoms with Gasteiger partial charge in [0.05, 0.1) is 11.3 Å². The number of anilines is 1. The molecule has 0 unspecified atom stereocenters. The van der Waals surface area contributed by atoms with Crippen molar-refractivity contribution in [3.63, 3.8) is 0 Å². The second kappa shape index (κ2) is 4.77. The summed E-state index contributed by atoms with van der Waals surface area (Å²) in [6, 6.07) is 3.54. The van der Waals surface area contributed by atoms with Gasteiger partial charge in [-0.15, -0.1) is 0 Å². The van der Waals surface area contributed by atoms with Crippen LogP contribution in [0, 0.1) is 6.92 Å². The van der Waals surface area contributed by atoms with Crippen LogP contribution in [0.2, 0.25) is 0 Å². The highest BCUT2D eigenvalue weighted by Gasteiger charge is 2.15. The molecule has 1 amide bonds. The van der Waals surface area contributed by atoms with Crippen molar-refractivity contribution in [2.45, 2.75) is 6.92 Å². The van der Waals surface area contributed by atoms with Crippen LogP contribution in [0.1, 0.15) is 26.9 Å². The zero-order chi connectivity index (χ0) is 14.0. The number of hydrogen-bond donors (Lipinski definition) is 3. The molecule has 0 aliphatic rings. The van der Waals surface area contributed by atoms with E-state index < -0.39 is 11.9 Å². The molecule has 8 heteroatoms. The van der Waals surface area contributed by atoms with Gasteiger partial charge in [0.25, 0.3) is 11.7 Å². The highest BCUT2D eigenvalue weighted by atomic mass is 16.5. The Balaban J connectivity index is 2.20. The Hall–Kier alpha value is -2.90. The summed E-state index contributed by atoms with van der Waals surface area (Å²) in [7, 11) is 0. The molecule has 0 atom stereocenters. The molecule has 1 aromatic heterocycles. The highest BCUT2D eigenvalue weighted by molar-refractivity contribution is 6.02. The number of nitrogens with one attached hydrogen (secondary N) is 1. The zero-order valence-electron chi connectivity index (χ0n) is 9.75. The predicted molar refractivity (Wildman–Crippen MR) is 62.1 cm³/mol. The van der Waals surface area contributed by atoms with Crippen molar-refractivity contribution < 1.29 is 24.3 Å². The molecule has 1 heterocycles. The van der Waals surface area contributed by atoms with E-state index in [0.29, 0.717) is 0 Å². The number of phenolic OH excluding ortho intramolecular Hbond substituents is 1. The fourth-order valence-electron chi connectivity index (χ4n) is 1.34. The largest absolute Gasteiger partial charge is 0.506 e. The van der Waals surface area contributed by atoms with Crippen molar-refractivity contribution in [3.05, 3.63) is 35.5 Å². The van der Waals surface area contributed by atoms with Crippen molar-refractivity contribution in [1.82, 2.24) is 10.1 Å². The molecule has 19 heavy (non-hydrogen) atoms. The predicted octanol–water partition coefficient (Wildman–Crippen LogP) is 1.03. The van der Waals surface area contributed by atoms with E-state index >= 15 is 0 Å². The summed E-state index contributed by atoms with van der Waals surface area (Å²) in [5.74, 6) is -2.17. The minimum Gasteiger partial charge on any atom is -0.506 e. The van der Waals surface area contributed by atoms with Crippen LogP contribution in [-0.2, 0) is 0 Å². The van der Waals surface area contributed by atoms with Crippen LogP contribution < -0.4 is 5.32 Å². The fraction of sp³-hybridized carbons (Fsp3) is 0.0909. The second-order valence-electron chi connectivity index (χ2n) is 3.63. The lowest BCUT2D eigenvalue weighted by molar-refractivity contribution is 0.0696. The Morgan fingerprint density at radius 2 is 2.11 bits per heavy atom. The van der Waals surface area contributed by atoms with E-state index in [-0.39, 0.29) is 28.7 Å². The monoisotopic (exact) mass is 263 g/mol. The lowest BCUT2D eigenvalue weighted by atomic mass is 10.2. The Labute approximate surface area is 106 Å². The van der Waals surface area contributed by atoms with Crippen molar-refractivity contribution in [2.24, 2.45) is 0 Å². The summed E-state index contributed by atoms with van der Waals surface area (Å²) < 4.78 is 4.64. The number of carbonyl (C=O) groups is 2. The molecule has 3 N–H and O–H groups in total. The number of rotatable bonds is 3. The molecule has 0 aliphatic carbocycles. The van der Waals surface area contributed by atoms with Gasteiger partial charge in [-0.2, -0.15) is 4.98 Å². The molecular formula is C11H9N3O5. The summed E-state index contributed by atoms with van der Waals surface area (Å²) in [6.07, 6.45) is 0. The Bertz CT molecular complexity index is 650. The van der Waals surface area contributed by atoms with Crippen LogP contribution in [0.3, 0.4) is 0 Å². The third-order valence-electron chi connectivity index (χ3n) is 2.22. The van der Waals surface area contributed by atoms with Gasteiger partial charge < -0.3 is 20.1 Å². The smallest absolute Gasteiger partial charge is 0.335 e. The fourth-order valence-corrected chi connectivity index (χ4v) is 1.34. The first kappa shape index (κ1) is 12.6. The van der Waals surface area contributed by atoms with E-state index in [4.69, 9.17) is 5.11 Å². The molecule has 0 fully saturated rings. The molecule has 0 spiro atoms. The molecule has 0 saturated heterocycles. The Kier molecular flexibility index (Phi) is 3.15. The lowest BCUT2D eigenvalue weighted by Gasteiger charge is -2.05. The topological polar surface area (TPSA) is 126 Å². The number of aromatic nitrogens is 2. The molecule has 1 aromatic carbocycles. The number of aryl methyl sites for hydroxylation is 1. The van der Waals surface area contributed by atoms with E-state index in [1.54, 1.807) is 0 Å². The molecule has 98 valence electrons. The number of phenols is 1. The summed E-state index contributed by atoms with van der Waals surface area (Å²) in [5.41, 5.74) is -0.0386. The van der Waals surface area contributed by atoms with Crippen molar-refractivity contribution in [2.75, 3.05) is 5.32 Å². The van der Waals surface area contributed by atoms with Crippen molar-refractivity contribution in [1.29, 1.82) is 0 Å². The van der Waals surface area contributed by atoms with Gasteiger partial charge >= 0.3 is 5.97 Å². The summed E-state index contributed by atoms with van der Waals surface area (Å²) in [6.45, 7) is 1.53. The molecule has 0 saturated carbocycles. The average molecular weight is 263 g/mol. The van der Waals surface area contributed by atoms with Gasteiger partial charge in [-0.3, -0.25) is 4.79 Å². The minimum absolute atomic E-state index is 0.0532. The molecule has 0 bridgehead atoms. The molecule has 8 nitrogen and oxygen atoms in total. The van der Waals surface area contributed by atoms with Gasteiger partial charge in [0, 0.05) is 6.92 Å². The number of aromatic hydroxyl groups is 1. The SMILES string of the molecule is Cc1nc(C(=O)Nc2ccc(C(=O)O)cc2O)no1. The van der Waals surface area contributed by atoms with Gasteiger partial charge in [0.1, 0.15) is 5.75 Å². The Morgan fingerprint density at radius 1 is 1.37 bits per heavy atom. The second-order valence-corrected chi connectivity index (χ2v) is 3.63. The number of carboxylic acid groups (broad SMARTS) is 1. The first-order valence-corrected chi connectivity index (χ1v) is 5.15. The minimum atomic E-state index is -1.18. The van der Waals surface area contributed by atoms with E-state index in [9.17, 15) is 14.7 Å². The van der Waals surface area contributed by atoms with Crippen LogP contribution in [-0.4, -0.2) is 32.2 Å². The van der Waals surface area contributed by atoms with Gasteiger partial charge in [-0.25, -0.2) is 4.79 Å². The zero-order valence-corrected chi connectivity index (χ0v) is 9.75. The maximum absolute atomic E-state index is 11.7. The normalized spacial score (nSPS) is 10.2. The number of benzene rings is 1. The van der Waals surface area contributed by atoms with E-state index in [0.717, 1.165) is 6.07 Å².